The van der Waals surface area contributed by atoms with Crippen molar-refractivity contribution in [2.45, 2.75) is 6.92 Å². The molecule has 104 valence electrons. The summed E-state index contributed by atoms with van der Waals surface area (Å²) < 4.78 is 0. The standard InChI is InChI=1S/C15H13N5S/c1-9-5-6-10-3-2-4-11(13(10)18-9)19-15-17-8-7-12(20-15)14(16)21/h2-8H,1H3,(H2,16,21)(H,17,19,20). The maximum Gasteiger partial charge on any atom is 0.227 e. The summed E-state index contributed by atoms with van der Waals surface area (Å²) in [6.45, 7) is 1.96. The Morgan fingerprint density at radius 2 is 2.00 bits per heavy atom. The van der Waals surface area contributed by atoms with Gasteiger partial charge < -0.3 is 11.1 Å². The topological polar surface area (TPSA) is 76.7 Å². The normalized spacial score (nSPS) is 10.5. The molecule has 0 aliphatic heterocycles. The summed E-state index contributed by atoms with van der Waals surface area (Å²) in [5.41, 5.74) is 8.80. The number of hydrogen-bond donors (Lipinski definition) is 2. The molecule has 0 atom stereocenters. The molecule has 0 bridgehead atoms. The lowest BCUT2D eigenvalue weighted by molar-refractivity contribution is 1.15. The fraction of sp³-hybridized carbons (Fsp3) is 0.0667. The number of benzene rings is 1. The maximum absolute atomic E-state index is 5.59. The molecule has 1 aromatic carbocycles. The van der Waals surface area contributed by atoms with Crippen LogP contribution >= 0.6 is 12.2 Å². The van der Waals surface area contributed by atoms with E-state index < -0.39 is 0 Å². The van der Waals surface area contributed by atoms with Gasteiger partial charge in [0.1, 0.15) is 10.7 Å². The number of rotatable bonds is 3. The van der Waals surface area contributed by atoms with E-state index in [0.717, 1.165) is 22.3 Å². The van der Waals surface area contributed by atoms with Gasteiger partial charge in [0.05, 0.1) is 11.2 Å². The van der Waals surface area contributed by atoms with Gasteiger partial charge in [-0.15, -0.1) is 0 Å². The van der Waals surface area contributed by atoms with Crippen molar-refractivity contribution in [1.82, 2.24) is 15.0 Å². The molecule has 21 heavy (non-hydrogen) atoms. The smallest absolute Gasteiger partial charge is 0.227 e. The summed E-state index contributed by atoms with van der Waals surface area (Å²) in [5, 5.41) is 4.22. The van der Waals surface area contributed by atoms with Crippen molar-refractivity contribution < 1.29 is 0 Å². The van der Waals surface area contributed by atoms with Gasteiger partial charge in [-0.2, -0.15) is 0 Å². The van der Waals surface area contributed by atoms with Crippen LogP contribution in [0, 0.1) is 6.92 Å². The summed E-state index contributed by atoms with van der Waals surface area (Å²) in [4.78, 5) is 13.3. The molecule has 6 heteroatoms. The summed E-state index contributed by atoms with van der Waals surface area (Å²) in [6.07, 6.45) is 1.62. The summed E-state index contributed by atoms with van der Waals surface area (Å²) in [5.74, 6) is 0.441. The highest BCUT2D eigenvalue weighted by Crippen LogP contribution is 2.23. The first kappa shape index (κ1) is 13.4. The molecular formula is C15H13N5S. The summed E-state index contributed by atoms with van der Waals surface area (Å²) in [7, 11) is 0. The molecule has 0 amide bonds. The first-order valence-electron chi connectivity index (χ1n) is 6.40. The number of nitrogens with zero attached hydrogens (tertiary/aromatic N) is 3. The lowest BCUT2D eigenvalue weighted by Gasteiger charge is -2.09. The molecule has 2 aromatic heterocycles. The highest BCUT2D eigenvalue weighted by Gasteiger charge is 2.06. The van der Waals surface area contributed by atoms with Crippen molar-refractivity contribution >= 4 is 39.7 Å². The molecule has 0 spiro atoms. The average molecular weight is 295 g/mol. The number of anilines is 2. The zero-order valence-electron chi connectivity index (χ0n) is 11.4. The number of para-hydroxylation sites is 1. The first-order chi connectivity index (χ1) is 10.1. The van der Waals surface area contributed by atoms with E-state index >= 15 is 0 Å². The molecule has 5 nitrogen and oxygen atoms in total. The molecule has 0 saturated heterocycles. The molecule has 3 rings (SSSR count). The van der Waals surface area contributed by atoms with Gasteiger partial charge in [0.25, 0.3) is 0 Å². The first-order valence-corrected chi connectivity index (χ1v) is 6.80. The SMILES string of the molecule is Cc1ccc2cccc(Nc3nccc(C(N)=S)n3)c2n1. The third kappa shape index (κ3) is 2.80. The number of nitrogens with two attached hydrogens (primary N) is 1. The number of aromatic nitrogens is 3. The van der Waals surface area contributed by atoms with Crippen LogP contribution in [0.4, 0.5) is 11.6 Å². The largest absolute Gasteiger partial charge is 0.388 e. The van der Waals surface area contributed by atoms with Crippen LogP contribution in [0.5, 0.6) is 0 Å². The molecule has 0 aliphatic carbocycles. The van der Waals surface area contributed by atoms with E-state index in [0.29, 0.717) is 11.6 Å². The van der Waals surface area contributed by atoms with Gasteiger partial charge in [0.2, 0.25) is 5.95 Å². The van der Waals surface area contributed by atoms with E-state index in [4.69, 9.17) is 18.0 Å². The van der Waals surface area contributed by atoms with Crippen LogP contribution in [-0.2, 0) is 0 Å². The minimum Gasteiger partial charge on any atom is -0.388 e. The monoisotopic (exact) mass is 295 g/mol. The van der Waals surface area contributed by atoms with E-state index in [-0.39, 0.29) is 4.99 Å². The van der Waals surface area contributed by atoms with E-state index in [1.165, 1.54) is 0 Å². The maximum atomic E-state index is 5.59. The number of pyridine rings is 1. The Balaban J connectivity index is 2.04. The molecule has 0 aliphatic rings. The Bertz CT molecular complexity index is 831. The molecular weight excluding hydrogens is 282 g/mol. The number of thiocarbonyl (C=S) groups is 1. The van der Waals surface area contributed by atoms with Crippen molar-refractivity contribution in [1.29, 1.82) is 0 Å². The van der Waals surface area contributed by atoms with Crippen molar-refractivity contribution in [3.63, 3.8) is 0 Å². The van der Waals surface area contributed by atoms with Gasteiger partial charge in [0.15, 0.2) is 0 Å². The van der Waals surface area contributed by atoms with Crippen LogP contribution in [-0.4, -0.2) is 19.9 Å². The van der Waals surface area contributed by atoms with Crippen LogP contribution in [0.3, 0.4) is 0 Å². The van der Waals surface area contributed by atoms with Crippen LogP contribution in [0.1, 0.15) is 11.4 Å². The molecule has 0 fully saturated rings. The number of hydrogen-bond acceptors (Lipinski definition) is 5. The van der Waals surface area contributed by atoms with Gasteiger partial charge in [0, 0.05) is 17.3 Å². The van der Waals surface area contributed by atoms with Crippen LogP contribution in [0.25, 0.3) is 10.9 Å². The molecule has 3 N–H and O–H groups in total. The van der Waals surface area contributed by atoms with Crippen molar-refractivity contribution in [3.8, 4) is 0 Å². The second-order valence-electron chi connectivity index (χ2n) is 4.58. The van der Waals surface area contributed by atoms with Gasteiger partial charge in [-0.1, -0.05) is 30.4 Å². The number of nitrogens with one attached hydrogen (secondary N) is 1. The van der Waals surface area contributed by atoms with E-state index in [1.54, 1.807) is 12.3 Å². The Hall–Kier alpha value is -2.60. The zero-order chi connectivity index (χ0) is 14.8. The van der Waals surface area contributed by atoms with Gasteiger partial charge >= 0.3 is 0 Å². The van der Waals surface area contributed by atoms with Crippen molar-refractivity contribution in [2.24, 2.45) is 5.73 Å². The second-order valence-corrected chi connectivity index (χ2v) is 5.02. The Morgan fingerprint density at radius 1 is 1.14 bits per heavy atom. The fourth-order valence-corrected chi connectivity index (χ4v) is 2.14. The quantitative estimate of drug-likeness (QED) is 0.724. The van der Waals surface area contributed by atoms with Crippen LogP contribution < -0.4 is 11.1 Å². The van der Waals surface area contributed by atoms with Crippen LogP contribution in [0.15, 0.2) is 42.6 Å². The van der Waals surface area contributed by atoms with E-state index in [1.807, 2.05) is 37.3 Å². The molecule has 0 radical (unpaired) electrons. The van der Waals surface area contributed by atoms with Gasteiger partial charge in [-0.05, 0) is 25.1 Å². The number of aryl methyl sites for hydroxylation is 1. The fourth-order valence-electron chi connectivity index (χ4n) is 2.02. The molecule has 0 saturated carbocycles. The second kappa shape index (κ2) is 5.41. The highest BCUT2D eigenvalue weighted by molar-refractivity contribution is 7.80. The Kier molecular flexibility index (Phi) is 3.45. The highest BCUT2D eigenvalue weighted by atomic mass is 32.1. The predicted molar refractivity (Wildman–Crippen MR) is 87.7 cm³/mol. The van der Waals surface area contributed by atoms with E-state index in [2.05, 4.69) is 20.3 Å². The zero-order valence-corrected chi connectivity index (χ0v) is 12.2. The third-order valence-electron chi connectivity index (χ3n) is 3.01. The van der Waals surface area contributed by atoms with Crippen molar-refractivity contribution in [3.05, 3.63) is 54.0 Å². The molecule has 3 aromatic rings. The predicted octanol–water partition coefficient (Wildman–Crippen LogP) is 2.71. The minimum absolute atomic E-state index is 0.243. The molecule has 0 unspecified atom stereocenters. The third-order valence-corrected chi connectivity index (χ3v) is 3.22. The van der Waals surface area contributed by atoms with Gasteiger partial charge in [-0.25, -0.2) is 9.97 Å². The average Bonchev–Trinajstić information content (AvgIpc) is 2.48. The number of fused-ring (bicyclic) bond motifs is 1. The summed E-state index contributed by atoms with van der Waals surface area (Å²) in [6, 6.07) is 11.6. The molecule has 2 heterocycles. The minimum atomic E-state index is 0.243. The lowest BCUT2D eigenvalue weighted by Crippen LogP contribution is -2.12. The van der Waals surface area contributed by atoms with E-state index in [9.17, 15) is 0 Å². The Labute approximate surface area is 127 Å². The summed E-state index contributed by atoms with van der Waals surface area (Å²) >= 11 is 4.93. The lowest BCUT2D eigenvalue weighted by atomic mass is 10.2. The van der Waals surface area contributed by atoms with Crippen LogP contribution in [0.2, 0.25) is 0 Å². The Morgan fingerprint density at radius 3 is 2.81 bits per heavy atom. The van der Waals surface area contributed by atoms with Gasteiger partial charge in [-0.3, -0.25) is 4.98 Å². The van der Waals surface area contributed by atoms with Crippen molar-refractivity contribution in [2.75, 3.05) is 5.32 Å².